The zero-order chi connectivity index (χ0) is 13.7. The van der Waals surface area contributed by atoms with Crippen molar-refractivity contribution in [2.24, 2.45) is 5.92 Å². The fourth-order valence-electron chi connectivity index (χ4n) is 3.10. The molecule has 0 heterocycles. The lowest BCUT2D eigenvalue weighted by molar-refractivity contribution is 0.421. The smallest absolute Gasteiger partial charge is 0.00390 e. The second kappa shape index (κ2) is 7.09. The summed E-state index contributed by atoms with van der Waals surface area (Å²) >= 11 is 0. The number of aryl methyl sites for hydroxylation is 1. The highest BCUT2D eigenvalue weighted by Crippen LogP contribution is 2.30. The summed E-state index contributed by atoms with van der Waals surface area (Å²) in [7, 11) is 0. The third-order valence-electron chi connectivity index (χ3n) is 4.38. The molecule has 1 heteroatoms. The molecule has 1 aromatic rings. The second-order valence-corrected chi connectivity index (χ2v) is 6.57. The number of hydrogen-bond acceptors (Lipinski definition) is 1. The molecule has 1 aliphatic carbocycles. The molecule has 0 spiro atoms. The maximum absolute atomic E-state index is 3.75. The molecule has 0 bridgehead atoms. The summed E-state index contributed by atoms with van der Waals surface area (Å²) in [4.78, 5) is 0. The molecule has 0 saturated carbocycles. The lowest BCUT2D eigenvalue weighted by Gasteiger charge is -2.27. The van der Waals surface area contributed by atoms with Gasteiger partial charge in [-0.15, -0.1) is 0 Å². The zero-order valence-corrected chi connectivity index (χ0v) is 12.8. The van der Waals surface area contributed by atoms with Gasteiger partial charge in [0.25, 0.3) is 0 Å². The molecule has 2 unspecified atom stereocenters. The van der Waals surface area contributed by atoms with E-state index in [9.17, 15) is 0 Å². The average Bonchev–Trinajstić information content (AvgIpc) is 2.42. The summed E-state index contributed by atoms with van der Waals surface area (Å²) in [5.41, 5.74) is 3.17. The summed E-state index contributed by atoms with van der Waals surface area (Å²) in [6.07, 6.45) is 6.60. The number of fused-ring (bicyclic) bond motifs is 1. The van der Waals surface area contributed by atoms with E-state index in [-0.39, 0.29) is 0 Å². The van der Waals surface area contributed by atoms with Crippen LogP contribution in [0.1, 0.15) is 63.5 Å². The molecule has 1 N–H and O–H groups in total. The Labute approximate surface area is 118 Å². The number of nitrogens with one attached hydrogen (secondary N) is 1. The van der Waals surface area contributed by atoms with E-state index in [1.807, 2.05) is 0 Å². The standard InChI is InChI=1S/C18H29N/c1-14(2)11-12-15(3)19-13-17-9-6-8-16-7-4-5-10-18(16)17/h4-5,7,10,14-15,17,19H,6,8-9,11-13H2,1-3H3. The van der Waals surface area contributed by atoms with E-state index >= 15 is 0 Å². The van der Waals surface area contributed by atoms with Crippen LogP contribution in [0.4, 0.5) is 0 Å². The quantitative estimate of drug-likeness (QED) is 0.792. The van der Waals surface area contributed by atoms with Gasteiger partial charge in [0, 0.05) is 12.6 Å². The molecule has 106 valence electrons. The zero-order valence-electron chi connectivity index (χ0n) is 12.8. The predicted molar refractivity (Wildman–Crippen MR) is 83.7 cm³/mol. The summed E-state index contributed by atoms with van der Waals surface area (Å²) in [6, 6.07) is 9.67. The fourth-order valence-corrected chi connectivity index (χ4v) is 3.10. The molecule has 0 radical (unpaired) electrons. The van der Waals surface area contributed by atoms with Crippen molar-refractivity contribution in [2.45, 2.75) is 64.8 Å². The maximum Gasteiger partial charge on any atom is 0.00390 e. The van der Waals surface area contributed by atoms with Gasteiger partial charge in [-0.2, -0.15) is 0 Å². The van der Waals surface area contributed by atoms with Gasteiger partial charge < -0.3 is 5.32 Å². The van der Waals surface area contributed by atoms with Crippen molar-refractivity contribution in [3.63, 3.8) is 0 Å². The van der Waals surface area contributed by atoms with Gasteiger partial charge in [0.05, 0.1) is 0 Å². The van der Waals surface area contributed by atoms with Crippen LogP contribution in [0.15, 0.2) is 24.3 Å². The van der Waals surface area contributed by atoms with Crippen LogP contribution in [0.25, 0.3) is 0 Å². The highest BCUT2D eigenvalue weighted by Gasteiger charge is 2.19. The minimum atomic E-state index is 0.650. The Balaban J connectivity index is 1.84. The van der Waals surface area contributed by atoms with Crippen LogP contribution >= 0.6 is 0 Å². The summed E-state index contributed by atoms with van der Waals surface area (Å²) in [5.74, 6) is 1.55. The van der Waals surface area contributed by atoms with Gasteiger partial charge in [0.15, 0.2) is 0 Å². The Kier molecular flexibility index (Phi) is 5.45. The van der Waals surface area contributed by atoms with E-state index in [1.165, 1.54) is 32.1 Å². The van der Waals surface area contributed by atoms with Gasteiger partial charge in [-0.3, -0.25) is 0 Å². The normalized spacial score (nSPS) is 20.3. The summed E-state index contributed by atoms with van der Waals surface area (Å²) in [6.45, 7) is 8.10. The van der Waals surface area contributed by atoms with Crippen LogP contribution in [0.5, 0.6) is 0 Å². The van der Waals surface area contributed by atoms with Crippen LogP contribution in [-0.2, 0) is 6.42 Å². The highest BCUT2D eigenvalue weighted by atomic mass is 14.9. The van der Waals surface area contributed by atoms with Crippen LogP contribution in [0, 0.1) is 5.92 Å². The number of benzene rings is 1. The van der Waals surface area contributed by atoms with Crippen LogP contribution in [0.2, 0.25) is 0 Å². The molecule has 19 heavy (non-hydrogen) atoms. The molecule has 1 aliphatic rings. The Morgan fingerprint density at radius 3 is 2.74 bits per heavy atom. The van der Waals surface area contributed by atoms with Crippen molar-refractivity contribution >= 4 is 0 Å². The second-order valence-electron chi connectivity index (χ2n) is 6.57. The fraction of sp³-hybridized carbons (Fsp3) is 0.667. The van der Waals surface area contributed by atoms with Crippen molar-refractivity contribution in [3.8, 4) is 0 Å². The van der Waals surface area contributed by atoms with E-state index in [0.717, 1.165) is 18.4 Å². The van der Waals surface area contributed by atoms with Crippen LogP contribution in [0.3, 0.4) is 0 Å². The first-order chi connectivity index (χ1) is 9.16. The number of rotatable bonds is 6. The van der Waals surface area contributed by atoms with Crippen molar-refractivity contribution in [1.82, 2.24) is 5.32 Å². The van der Waals surface area contributed by atoms with Gasteiger partial charge in [-0.1, -0.05) is 38.1 Å². The van der Waals surface area contributed by atoms with Crippen LogP contribution < -0.4 is 5.32 Å². The average molecular weight is 259 g/mol. The molecular weight excluding hydrogens is 230 g/mol. The summed E-state index contributed by atoms with van der Waals surface area (Å²) < 4.78 is 0. The molecule has 0 aliphatic heterocycles. The van der Waals surface area contributed by atoms with Gasteiger partial charge >= 0.3 is 0 Å². The Bertz CT molecular complexity index is 383. The molecule has 1 nitrogen and oxygen atoms in total. The SMILES string of the molecule is CC(C)CCC(C)NCC1CCCc2ccccc21. The third kappa shape index (κ3) is 4.35. The lowest BCUT2D eigenvalue weighted by Crippen LogP contribution is -2.31. The van der Waals surface area contributed by atoms with Crippen molar-refractivity contribution in [1.29, 1.82) is 0 Å². The highest BCUT2D eigenvalue weighted by molar-refractivity contribution is 5.32. The van der Waals surface area contributed by atoms with Crippen molar-refractivity contribution < 1.29 is 0 Å². The number of hydrogen-bond donors (Lipinski definition) is 1. The first-order valence-electron chi connectivity index (χ1n) is 7.98. The molecule has 0 fully saturated rings. The van der Waals surface area contributed by atoms with Gasteiger partial charge in [-0.25, -0.2) is 0 Å². The molecule has 0 amide bonds. The summed E-state index contributed by atoms with van der Waals surface area (Å²) in [5, 5.41) is 3.75. The third-order valence-corrected chi connectivity index (χ3v) is 4.38. The van der Waals surface area contributed by atoms with E-state index in [4.69, 9.17) is 0 Å². The minimum Gasteiger partial charge on any atom is -0.314 e. The van der Waals surface area contributed by atoms with Gasteiger partial charge in [-0.05, 0) is 62.0 Å². The monoisotopic (exact) mass is 259 g/mol. The molecule has 2 rings (SSSR count). The first kappa shape index (κ1) is 14.6. The maximum atomic E-state index is 3.75. The molecule has 0 saturated heterocycles. The van der Waals surface area contributed by atoms with E-state index in [1.54, 1.807) is 11.1 Å². The van der Waals surface area contributed by atoms with Crippen molar-refractivity contribution in [2.75, 3.05) is 6.54 Å². The molecule has 1 aromatic carbocycles. The van der Waals surface area contributed by atoms with E-state index in [0.29, 0.717) is 6.04 Å². The Hall–Kier alpha value is -0.820. The Morgan fingerprint density at radius 1 is 1.16 bits per heavy atom. The van der Waals surface area contributed by atoms with Gasteiger partial charge in [0.1, 0.15) is 0 Å². The topological polar surface area (TPSA) is 12.0 Å². The van der Waals surface area contributed by atoms with Gasteiger partial charge in [0.2, 0.25) is 0 Å². The molecule has 2 atom stereocenters. The molecule has 0 aromatic heterocycles. The largest absolute Gasteiger partial charge is 0.314 e. The Morgan fingerprint density at radius 2 is 1.95 bits per heavy atom. The minimum absolute atomic E-state index is 0.650. The van der Waals surface area contributed by atoms with E-state index in [2.05, 4.69) is 50.4 Å². The lowest BCUT2D eigenvalue weighted by atomic mass is 9.82. The van der Waals surface area contributed by atoms with Crippen molar-refractivity contribution in [3.05, 3.63) is 35.4 Å². The predicted octanol–water partition coefficient (Wildman–Crippen LogP) is 4.52. The first-order valence-corrected chi connectivity index (χ1v) is 7.98. The van der Waals surface area contributed by atoms with E-state index < -0.39 is 0 Å². The molecular formula is C18H29N. The van der Waals surface area contributed by atoms with Crippen LogP contribution in [-0.4, -0.2) is 12.6 Å².